The molecule has 12 rings (SSSR count). The fourth-order valence-electron chi connectivity index (χ4n) is 9.09. The highest BCUT2D eigenvalue weighted by atomic mass is 15.0. The molecule has 0 aliphatic carbocycles. The van der Waals surface area contributed by atoms with Gasteiger partial charge in [0.05, 0.1) is 22.1 Å². The molecular formula is C57H37N5. The molecule has 0 amide bonds. The largest absolute Gasteiger partial charge is 0.309 e. The van der Waals surface area contributed by atoms with Crippen molar-refractivity contribution in [3.05, 3.63) is 224 Å². The zero-order chi connectivity index (χ0) is 41.0. The SMILES string of the molecule is c1ccc(-c2nc(-c3ccccc3)nc(-c3ccc(-c4ccc5c6ccccc6n(-c6ccccc6)c5c4)cc3-c3ccc4c(c3)c3ccccc3n4-c3ccccc3)n2)cc1. The Bertz CT molecular complexity index is 3550. The summed E-state index contributed by atoms with van der Waals surface area (Å²) in [5.41, 5.74) is 14.1. The van der Waals surface area contributed by atoms with Crippen LogP contribution in [-0.2, 0) is 0 Å². The quantitative estimate of drug-likeness (QED) is 0.162. The highest BCUT2D eigenvalue weighted by molar-refractivity contribution is 6.12. The van der Waals surface area contributed by atoms with E-state index in [0.29, 0.717) is 17.5 Å². The number of rotatable bonds is 7. The van der Waals surface area contributed by atoms with Crippen LogP contribution in [0.25, 0.3) is 111 Å². The standard InChI is InChI=1S/C57H37N5/c1-5-17-38(18-6-1)55-58-56(39-19-7-2-8-20-39)60-57(59-55)48-33-30-40(41-29-32-47-45-25-13-15-27-51(45)62(54(47)37-41)44-23-11-4-12-24-44)35-49(48)42-31-34-53-50(36-42)46-26-14-16-28-52(46)61(53)43-21-9-3-10-22-43/h1-37H. The summed E-state index contributed by atoms with van der Waals surface area (Å²) in [6.45, 7) is 0. The summed E-state index contributed by atoms with van der Waals surface area (Å²) in [6.07, 6.45) is 0. The Morgan fingerprint density at radius 2 is 0.677 bits per heavy atom. The van der Waals surface area contributed by atoms with Crippen LogP contribution >= 0.6 is 0 Å². The van der Waals surface area contributed by atoms with E-state index in [9.17, 15) is 0 Å². The van der Waals surface area contributed by atoms with Crippen molar-refractivity contribution < 1.29 is 0 Å². The normalized spacial score (nSPS) is 11.5. The molecule has 0 saturated heterocycles. The maximum Gasteiger partial charge on any atom is 0.164 e. The predicted octanol–water partition coefficient (Wildman–Crippen LogP) is 14.4. The molecule has 5 nitrogen and oxygen atoms in total. The Labute approximate surface area is 358 Å². The van der Waals surface area contributed by atoms with Gasteiger partial charge in [-0.3, -0.25) is 0 Å². The lowest BCUT2D eigenvalue weighted by Crippen LogP contribution is -2.01. The molecule has 12 aromatic rings. The lowest BCUT2D eigenvalue weighted by molar-refractivity contribution is 1.07. The maximum absolute atomic E-state index is 5.22. The van der Waals surface area contributed by atoms with E-state index in [0.717, 1.165) is 61.4 Å². The van der Waals surface area contributed by atoms with E-state index >= 15 is 0 Å². The third kappa shape index (κ3) is 5.98. The molecule has 0 fully saturated rings. The molecular weight excluding hydrogens is 755 g/mol. The van der Waals surface area contributed by atoms with E-state index in [-0.39, 0.29) is 0 Å². The fraction of sp³-hybridized carbons (Fsp3) is 0. The molecule has 5 heteroatoms. The topological polar surface area (TPSA) is 48.5 Å². The second-order valence-corrected chi connectivity index (χ2v) is 15.6. The average Bonchev–Trinajstić information content (AvgIpc) is 3.87. The fourth-order valence-corrected chi connectivity index (χ4v) is 9.09. The van der Waals surface area contributed by atoms with Gasteiger partial charge in [0.15, 0.2) is 17.5 Å². The summed E-state index contributed by atoms with van der Waals surface area (Å²) in [5, 5.41) is 4.83. The van der Waals surface area contributed by atoms with Crippen molar-refractivity contribution >= 4 is 43.6 Å². The van der Waals surface area contributed by atoms with Gasteiger partial charge in [-0.05, 0) is 89.0 Å². The molecule has 0 N–H and O–H groups in total. The van der Waals surface area contributed by atoms with Crippen molar-refractivity contribution in [2.75, 3.05) is 0 Å². The second-order valence-electron chi connectivity index (χ2n) is 15.6. The lowest BCUT2D eigenvalue weighted by atomic mass is 9.93. The molecule has 0 bridgehead atoms. The molecule has 62 heavy (non-hydrogen) atoms. The Kier molecular flexibility index (Phi) is 8.42. The molecule has 0 atom stereocenters. The van der Waals surface area contributed by atoms with E-state index in [2.05, 4.69) is 197 Å². The van der Waals surface area contributed by atoms with Crippen LogP contribution in [0, 0.1) is 0 Å². The maximum atomic E-state index is 5.22. The van der Waals surface area contributed by atoms with Gasteiger partial charge < -0.3 is 9.13 Å². The first-order valence-corrected chi connectivity index (χ1v) is 20.9. The molecule has 9 aromatic carbocycles. The zero-order valence-corrected chi connectivity index (χ0v) is 33.6. The minimum Gasteiger partial charge on any atom is -0.309 e. The summed E-state index contributed by atoms with van der Waals surface area (Å²) >= 11 is 0. The first-order chi connectivity index (χ1) is 30.7. The van der Waals surface area contributed by atoms with Gasteiger partial charge in [0.2, 0.25) is 0 Å². The minimum absolute atomic E-state index is 0.616. The molecule has 0 aliphatic heterocycles. The molecule has 0 unspecified atom stereocenters. The Hall–Kier alpha value is -8.41. The molecule has 0 saturated carbocycles. The Morgan fingerprint density at radius 1 is 0.242 bits per heavy atom. The zero-order valence-electron chi connectivity index (χ0n) is 33.6. The van der Waals surface area contributed by atoms with Gasteiger partial charge in [0, 0.05) is 49.6 Å². The van der Waals surface area contributed by atoms with E-state index in [1.807, 2.05) is 36.4 Å². The van der Waals surface area contributed by atoms with Crippen molar-refractivity contribution in [2.45, 2.75) is 0 Å². The van der Waals surface area contributed by atoms with Crippen molar-refractivity contribution in [2.24, 2.45) is 0 Å². The summed E-state index contributed by atoms with van der Waals surface area (Å²) in [5.74, 6) is 1.88. The smallest absolute Gasteiger partial charge is 0.164 e. The van der Waals surface area contributed by atoms with Gasteiger partial charge in [-0.1, -0.05) is 158 Å². The van der Waals surface area contributed by atoms with Gasteiger partial charge in [0.1, 0.15) is 0 Å². The monoisotopic (exact) mass is 791 g/mol. The van der Waals surface area contributed by atoms with E-state index < -0.39 is 0 Å². The van der Waals surface area contributed by atoms with E-state index in [1.165, 1.54) is 32.6 Å². The van der Waals surface area contributed by atoms with Gasteiger partial charge in [-0.15, -0.1) is 0 Å². The van der Waals surface area contributed by atoms with E-state index in [1.54, 1.807) is 0 Å². The van der Waals surface area contributed by atoms with Crippen molar-refractivity contribution in [1.29, 1.82) is 0 Å². The first-order valence-electron chi connectivity index (χ1n) is 20.9. The summed E-state index contributed by atoms with van der Waals surface area (Å²) in [7, 11) is 0. The molecule has 0 spiro atoms. The lowest BCUT2D eigenvalue weighted by Gasteiger charge is -2.15. The third-order valence-corrected chi connectivity index (χ3v) is 12.0. The van der Waals surface area contributed by atoms with Crippen molar-refractivity contribution in [1.82, 2.24) is 24.1 Å². The van der Waals surface area contributed by atoms with Crippen LogP contribution in [0.15, 0.2) is 224 Å². The highest BCUT2D eigenvalue weighted by Gasteiger charge is 2.20. The number of aromatic nitrogens is 5. The predicted molar refractivity (Wildman–Crippen MR) is 256 cm³/mol. The summed E-state index contributed by atoms with van der Waals surface area (Å²) in [6, 6.07) is 79.4. The van der Waals surface area contributed by atoms with Gasteiger partial charge in [0.25, 0.3) is 0 Å². The van der Waals surface area contributed by atoms with Gasteiger partial charge in [-0.2, -0.15) is 0 Å². The van der Waals surface area contributed by atoms with Crippen LogP contribution in [0.1, 0.15) is 0 Å². The van der Waals surface area contributed by atoms with Gasteiger partial charge >= 0.3 is 0 Å². The van der Waals surface area contributed by atoms with Crippen LogP contribution in [0.3, 0.4) is 0 Å². The van der Waals surface area contributed by atoms with Crippen LogP contribution < -0.4 is 0 Å². The number of benzene rings is 9. The number of nitrogens with zero attached hydrogens (tertiary/aromatic N) is 5. The molecule has 0 aliphatic rings. The van der Waals surface area contributed by atoms with Crippen LogP contribution in [0.2, 0.25) is 0 Å². The second kappa shape index (κ2) is 14.7. The van der Waals surface area contributed by atoms with Crippen molar-refractivity contribution in [3.63, 3.8) is 0 Å². The molecule has 3 heterocycles. The van der Waals surface area contributed by atoms with Gasteiger partial charge in [-0.25, -0.2) is 15.0 Å². The highest BCUT2D eigenvalue weighted by Crippen LogP contribution is 2.41. The molecule has 290 valence electrons. The number of fused-ring (bicyclic) bond motifs is 6. The summed E-state index contributed by atoms with van der Waals surface area (Å²) < 4.78 is 4.73. The number of hydrogen-bond acceptors (Lipinski definition) is 3. The Balaban J connectivity index is 1.11. The van der Waals surface area contributed by atoms with Crippen molar-refractivity contribution in [3.8, 4) is 67.8 Å². The minimum atomic E-state index is 0.616. The first kappa shape index (κ1) is 35.5. The van der Waals surface area contributed by atoms with Crippen LogP contribution in [-0.4, -0.2) is 24.1 Å². The average molecular weight is 792 g/mol. The Morgan fingerprint density at radius 3 is 1.29 bits per heavy atom. The molecule has 0 radical (unpaired) electrons. The summed E-state index contributed by atoms with van der Waals surface area (Å²) in [4.78, 5) is 15.5. The van der Waals surface area contributed by atoms with Crippen LogP contribution in [0.5, 0.6) is 0 Å². The molecule has 3 aromatic heterocycles. The third-order valence-electron chi connectivity index (χ3n) is 12.0. The number of hydrogen-bond donors (Lipinski definition) is 0. The number of para-hydroxylation sites is 4. The van der Waals surface area contributed by atoms with E-state index in [4.69, 9.17) is 15.0 Å². The van der Waals surface area contributed by atoms with Crippen LogP contribution in [0.4, 0.5) is 0 Å².